The van der Waals surface area contributed by atoms with Crippen LogP contribution in [-0.4, -0.2) is 21.1 Å². The summed E-state index contributed by atoms with van der Waals surface area (Å²) in [6.07, 6.45) is 3.31. The van der Waals surface area contributed by atoms with Crippen molar-refractivity contribution in [3.8, 4) is 5.75 Å². The number of rotatable bonds is 4. The van der Waals surface area contributed by atoms with Gasteiger partial charge in [0.2, 0.25) is 0 Å². The molecule has 0 bridgehead atoms. The maximum absolute atomic E-state index is 13.0. The van der Waals surface area contributed by atoms with E-state index >= 15 is 0 Å². The van der Waals surface area contributed by atoms with Crippen LogP contribution in [-0.2, 0) is 11.3 Å². The van der Waals surface area contributed by atoms with E-state index in [1.165, 1.54) is 17.8 Å². The van der Waals surface area contributed by atoms with Crippen LogP contribution >= 0.6 is 23.4 Å². The van der Waals surface area contributed by atoms with Crippen LogP contribution in [0.4, 0.5) is 5.69 Å². The Kier molecular flexibility index (Phi) is 5.23. The molecular formula is C21H15ClN2O3S. The molecule has 1 fully saturated rings. The second-order valence-electron chi connectivity index (χ2n) is 6.02. The van der Waals surface area contributed by atoms with Gasteiger partial charge in [0.25, 0.3) is 5.91 Å². The molecule has 0 radical (unpaired) electrons. The lowest BCUT2D eigenvalue weighted by atomic mass is 10.2. The first-order valence-electron chi connectivity index (χ1n) is 8.46. The number of aliphatic imine (C=N–C) groups is 1. The predicted molar refractivity (Wildman–Crippen MR) is 111 cm³/mol. The van der Waals surface area contributed by atoms with E-state index in [4.69, 9.17) is 16.0 Å². The topological polar surface area (TPSA) is 66.0 Å². The lowest BCUT2D eigenvalue weighted by Crippen LogP contribution is -2.28. The van der Waals surface area contributed by atoms with Crippen molar-refractivity contribution in [2.75, 3.05) is 0 Å². The molecule has 2 aromatic carbocycles. The third-order valence-electron chi connectivity index (χ3n) is 4.03. The van der Waals surface area contributed by atoms with Gasteiger partial charge in [0.05, 0.1) is 28.4 Å². The van der Waals surface area contributed by atoms with Crippen molar-refractivity contribution in [3.63, 3.8) is 0 Å². The van der Waals surface area contributed by atoms with Crippen molar-refractivity contribution in [2.24, 2.45) is 4.99 Å². The second-order valence-corrected chi connectivity index (χ2v) is 7.44. The van der Waals surface area contributed by atoms with E-state index in [0.29, 0.717) is 15.8 Å². The minimum atomic E-state index is -0.166. The number of phenolic OH excluding ortho intramolecular Hbond substituents is 1. The number of halogens is 1. The van der Waals surface area contributed by atoms with Crippen LogP contribution in [0.25, 0.3) is 6.08 Å². The van der Waals surface area contributed by atoms with Gasteiger partial charge in [-0.15, -0.1) is 0 Å². The van der Waals surface area contributed by atoms with Gasteiger partial charge in [-0.3, -0.25) is 9.69 Å². The molecule has 3 aromatic rings. The van der Waals surface area contributed by atoms with Crippen LogP contribution in [0.3, 0.4) is 0 Å². The standard InChI is InChI=1S/C21H15ClN2O3S/c22-17-11-14(8-9-18(17)25)12-19-20(26)24(13-16-7-4-10-27-16)21(28-19)23-15-5-2-1-3-6-15/h1-12,25H,13H2/b19-12+,23-21?. The number of para-hydroxylation sites is 1. The summed E-state index contributed by atoms with van der Waals surface area (Å²) < 4.78 is 5.40. The second kappa shape index (κ2) is 7.96. The maximum Gasteiger partial charge on any atom is 0.267 e. The fourth-order valence-electron chi connectivity index (χ4n) is 2.67. The van der Waals surface area contributed by atoms with Gasteiger partial charge in [-0.1, -0.05) is 35.9 Å². The first kappa shape index (κ1) is 18.4. The summed E-state index contributed by atoms with van der Waals surface area (Å²) in [5.41, 5.74) is 1.48. The Hall–Kier alpha value is -2.96. The van der Waals surface area contributed by atoms with Gasteiger partial charge in [-0.2, -0.15) is 0 Å². The number of nitrogens with zero attached hydrogens (tertiary/aromatic N) is 2. The smallest absolute Gasteiger partial charge is 0.267 e. The minimum absolute atomic E-state index is 0.00000629. The van der Waals surface area contributed by atoms with Gasteiger partial charge < -0.3 is 9.52 Å². The molecule has 5 nitrogen and oxygen atoms in total. The normalized spacial score (nSPS) is 17.0. The molecule has 0 unspecified atom stereocenters. The zero-order valence-electron chi connectivity index (χ0n) is 14.6. The highest BCUT2D eigenvalue weighted by Gasteiger charge is 2.34. The summed E-state index contributed by atoms with van der Waals surface area (Å²) in [5, 5.41) is 10.4. The number of benzene rings is 2. The summed E-state index contributed by atoms with van der Waals surface area (Å²) >= 11 is 7.27. The first-order valence-corrected chi connectivity index (χ1v) is 9.65. The molecule has 1 aromatic heterocycles. The average molecular weight is 411 g/mol. The number of carbonyl (C=O) groups is 1. The molecule has 0 spiro atoms. The van der Waals surface area contributed by atoms with Gasteiger partial charge in [0, 0.05) is 0 Å². The molecule has 7 heteroatoms. The van der Waals surface area contributed by atoms with Gasteiger partial charge >= 0.3 is 0 Å². The summed E-state index contributed by atoms with van der Waals surface area (Å²) in [4.78, 5) is 19.8. The SMILES string of the molecule is O=C1/C(=C\c2ccc(O)c(Cl)c2)SC(=Nc2ccccc2)N1Cc1ccco1. The van der Waals surface area contributed by atoms with Crippen LogP contribution in [0, 0.1) is 0 Å². The van der Waals surface area contributed by atoms with Crippen molar-refractivity contribution < 1.29 is 14.3 Å². The number of amides is 1. The van der Waals surface area contributed by atoms with Gasteiger partial charge in [0.15, 0.2) is 5.17 Å². The number of furan rings is 1. The zero-order chi connectivity index (χ0) is 19.5. The summed E-state index contributed by atoms with van der Waals surface area (Å²) in [6.45, 7) is 0.290. The summed E-state index contributed by atoms with van der Waals surface area (Å²) in [7, 11) is 0. The molecule has 1 aliphatic heterocycles. The number of aromatic hydroxyl groups is 1. The largest absolute Gasteiger partial charge is 0.506 e. The molecule has 0 atom stereocenters. The van der Waals surface area contributed by atoms with E-state index in [0.717, 1.165) is 11.3 Å². The van der Waals surface area contributed by atoms with Crippen molar-refractivity contribution in [1.29, 1.82) is 0 Å². The van der Waals surface area contributed by atoms with Gasteiger partial charge in [-0.25, -0.2) is 4.99 Å². The van der Waals surface area contributed by atoms with E-state index in [1.807, 2.05) is 36.4 Å². The monoisotopic (exact) mass is 410 g/mol. The molecule has 1 aliphatic rings. The van der Waals surface area contributed by atoms with Crippen molar-refractivity contribution in [2.45, 2.75) is 6.54 Å². The molecule has 1 N–H and O–H groups in total. The highest BCUT2D eigenvalue weighted by atomic mass is 35.5. The van der Waals surface area contributed by atoms with E-state index < -0.39 is 0 Å². The van der Waals surface area contributed by atoms with Crippen molar-refractivity contribution in [3.05, 3.63) is 88.2 Å². The van der Waals surface area contributed by atoms with Gasteiger partial charge in [-0.05, 0) is 59.8 Å². The van der Waals surface area contributed by atoms with Gasteiger partial charge in [0.1, 0.15) is 11.5 Å². The first-order chi connectivity index (χ1) is 13.6. The number of carbonyl (C=O) groups excluding carboxylic acids is 1. The Balaban J connectivity index is 1.69. The summed E-state index contributed by atoms with van der Waals surface area (Å²) in [5.74, 6) is 0.504. The Labute approximate surface area is 171 Å². The number of hydrogen-bond donors (Lipinski definition) is 1. The average Bonchev–Trinajstić information content (AvgIpc) is 3.30. The quantitative estimate of drug-likeness (QED) is 0.581. The highest BCUT2D eigenvalue weighted by Crippen LogP contribution is 2.36. The fraction of sp³-hybridized carbons (Fsp3) is 0.0476. The van der Waals surface area contributed by atoms with E-state index in [-0.39, 0.29) is 23.2 Å². The number of amidine groups is 1. The van der Waals surface area contributed by atoms with Crippen LogP contribution in [0.1, 0.15) is 11.3 Å². The molecule has 0 saturated carbocycles. The zero-order valence-corrected chi connectivity index (χ0v) is 16.2. The molecule has 2 heterocycles. The Morgan fingerprint density at radius 2 is 1.96 bits per heavy atom. The maximum atomic E-state index is 13.0. The molecular weight excluding hydrogens is 396 g/mol. The van der Waals surface area contributed by atoms with Crippen molar-refractivity contribution >= 4 is 46.2 Å². The summed E-state index contributed by atoms with van der Waals surface area (Å²) in [6, 6.07) is 17.9. The third-order valence-corrected chi connectivity index (χ3v) is 5.34. The van der Waals surface area contributed by atoms with Crippen LogP contribution < -0.4 is 0 Å². The molecule has 4 rings (SSSR count). The Morgan fingerprint density at radius 1 is 1.14 bits per heavy atom. The minimum Gasteiger partial charge on any atom is -0.506 e. The lowest BCUT2D eigenvalue weighted by molar-refractivity contribution is -0.122. The third kappa shape index (κ3) is 3.98. The van der Waals surface area contributed by atoms with E-state index in [9.17, 15) is 9.90 Å². The molecule has 140 valence electrons. The predicted octanol–water partition coefficient (Wildman–Crippen LogP) is 5.44. The molecule has 1 amide bonds. The highest BCUT2D eigenvalue weighted by molar-refractivity contribution is 8.18. The Morgan fingerprint density at radius 3 is 2.68 bits per heavy atom. The van der Waals surface area contributed by atoms with E-state index in [1.54, 1.807) is 35.4 Å². The number of hydrogen-bond acceptors (Lipinski definition) is 5. The Bertz CT molecular complexity index is 1060. The van der Waals surface area contributed by atoms with Crippen LogP contribution in [0.2, 0.25) is 5.02 Å². The molecule has 0 aliphatic carbocycles. The van der Waals surface area contributed by atoms with E-state index in [2.05, 4.69) is 4.99 Å². The van der Waals surface area contributed by atoms with Crippen LogP contribution in [0.5, 0.6) is 5.75 Å². The lowest BCUT2D eigenvalue weighted by Gasteiger charge is -2.13. The van der Waals surface area contributed by atoms with Crippen LogP contribution in [0.15, 0.2) is 81.2 Å². The molecule has 1 saturated heterocycles. The fourth-order valence-corrected chi connectivity index (χ4v) is 3.85. The number of thioether (sulfide) groups is 1. The van der Waals surface area contributed by atoms with Crippen molar-refractivity contribution in [1.82, 2.24) is 4.90 Å². The molecule has 28 heavy (non-hydrogen) atoms. The number of phenols is 1.